The summed E-state index contributed by atoms with van der Waals surface area (Å²) in [6.07, 6.45) is 3.62. The lowest BCUT2D eigenvalue weighted by Crippen LogP contribution is -2.26. The van der Waals surface area contributed by atoms with Crippen molar-refractivity contribution in [2.24, 2.45) is 0 Å². The second-order valence-electron chi connectivity index (χ2n) is 3.98. The summed E-state index contributed by atoms with van der Waals surface area (Å²) in [5.74, 6) is 0.151. The first kappa shape index (κ1) is 14.4. The minimum Gasteiger partial charge on any atom is -0.465 e. The van der Waals surface area contributed by atoms with E-state index in [0.29, 0.717) is 18.0 Å². The van der Waals surface area contributed by atoms with Crippen LogP contribution in [0.15, 0.2) is 18.3 Å². The Hall–Kier alpha value is -1.62. The third-order valence-corrected chi connectivity index (χ3v) is 2.56. The van der Waals surface area contributed by atoms with E-state index in [1.165, 1.54) is 7.11 Å². The van der Waals surface area contributed by atoms with Crippen LogP contribution in [0.25, 0.3) is 0 Å². The van der Waals surface area contributed by atoms with E-state index in [9.17, 15) is 4.79 Å². The van der Waals surface area contributed by atoms with Gasteiger partial charge in [-0.15, -0.1) is 0 Å². The average molecular weight is 252 g/mol. The van der Waals surface area contributed by atoms with E-state index in [1.54, 1.807) is 25.4 Å². The Bertz CT molecular complexity index is 376. The summed E-state index contributed by atoms with van der Waals surface area (Å²) < 4.78 is 9.88. The quantitative estimate of drug-likeness (QED) is 0.753. The van der Waals surface area contributed by atoms with E-state index in [0.717, 1.165) is 12.8 Å². The molecule has 0 aliphatic rings. The third-order valence-electron chi connectivity index (χ3n) is 2.56. The van der Waals surface area contributed by atoms with Crippen LogP contribution in [-0.4, -0.2) is 37.8 Å². The summed E-state index contributed by atoms with van der Waals surface area (Å²) in [4.78, 5) is 15.8. The number of carbonyl (C=O) groups excluding carboxylic acids is 1. The highest BCUT2D eigenvalue weighted by molar-refractivity contribution is 5.94. The molecule has 0 fully saturated rings. The fourth-order valence-corrected chi connectivity index (χ4v) is 1.74. The van der Waals surface area contributed by atoms with Gasteiger partial charge in [0.15, 0.2) is 0 Å². The molecule has 0 radical (unpaired) electrons. The molecular weight excluding hydrogens is 232 g/mol. The summed E-state index contributed by atoms with van der Waals surface area (Å²) >= 11 is 0. The maximum absolute atomic E-state index is 11.6. The fraction of sp³-hybridized carbons (Fsp3) is 0.538. The summed E-state index contributed by atoms with van der Waals surface area (Å²) in [5, 5.41) is 3.23. The van der Waals surface area contributed by atoms with Crippen molar-refractivity contribution in [1.82, 2.24) is 4.98 Å². The summed E-state index contributed by atoms with van der Waals surface area (Å²) in [7, 11) is 3.02. The number of carbonyl (C=O) groups is 1. The molecule has 1 aromatic rings. The van der Waals surface area contributed by atoms with Crippen LogP contribution in [0.5, 0.6) is 0 Å². The largest absolute Gasteiger partial charge is 0.465 e. The molecule has 0 saturated carbocycles. The maximum Gasteiger partial charge on any atom is 0.341 e. The van der Waals surface area contributed by atoms with Gasteiger partial charge in [0.05, 0.1) is 19.8 Å². The highest BCUT2D eigenvalue weighted by Crippen LogP contribution is 2.15. The van der Waals surface area contributed by atoms with Gasteiger partial charge in [0.2, 0.25) is 0 Å². The van der Waals surface area contributed by atoms with Gasteiger partial charge in [0, 0.05) is 13.3 Å². The second-order valence-corrected chi connectivity index (χ2v) is 3.98. The first-order valence-electron chi connectivity index (χ1n) is 6.01. The normalized spacial score (nSPS) is 11.9. The highest BCUT2D eigenvalue weighted by Gasteiger charge is 2.15. The first-order chi connectivity index (χ1) is 8.72. The molecule has 1 heterocycles. The number of ether oxygens (including phenoxy) is 2. The Morgan fingerprint density at radius 1 is 1.50 bits per heavy atom. The Morgan fingerprint density at radius 3 is 2.89 bits per heavy atom. The van der Waals surface area contributed by atoms with E-state index in [-0.39, 0.29) is 6.04 Å². The number of rotatable bonds is 7. The van der Waals surface area contributed by atoms with Gasteiger partial charge in [-0.2, -0.15) is 0 Å². The van der Waals surface area contributed by atoms with Gasteiger partial charge in [0.25, 0.3) is 0 Å². The Morgan fingerprint density at radius 2 is 2.28 bits per heavy atom. The fourth-order valence-electron chi connectivity index (χ4n) is 1.74. The maximum atomic E-state index is 11.6. The standard InChI is InChI=1S/C13H20N2O3/c1-4-6-10(9-17-2)15-12-11(13(16)18-3)7-5-8-14-12/h5,7-8,10H,4,6,9H2,1-3H3,(H,14,15). The van der Waals surface area contributed by atoms with E-state index >= 15 is 0 Å². The lowest BCUT2D eigenvalue weighted by Gasteiger charge is -2.19. The Labute approximate surface area is 108 Å². The molecule has 0 bridgehead atoms. The molecule has 1 N–H and O–H groups in total. The number of nitrogens with one attached hydrogen (secondary N) is 1. The van der Waals surface area contributed by atoms with Crippen molar-refractivity contribution in [3.63, 3.8) is 0 Å². The van der Waals surface area contributed by atoms with Crippen molar-refractivity contribution in [3.8, 4) is 0 Å². The zero-order valence-corrected chi connectivity index (χ0v) is 11.1. The molecule has 0 aromatic carbocycles. The van der Waals surface area contributed by atoms with E-state index < -0.39 is 5.97 Å². The van der Waals surface area contributed by atoms with Gasteiger partial charge in [-0.3, -0.25) is 0 Å². The van der Waals surface area contributed by atoms with Gasteiger partial charge >= 0.3 is 5.97 Å². The summed E-state index contributed by atoms with van der Waals surface area (Å²) in [6, 6.07) is 3.54. The van der Waals surface area contributed by atoms with Crippen molar-refractivity contribution < 1.29 is 14.3 Å². The van der Waals surface area contributed by atoms with Crippen molar-refractivity contribution in [2.45, 2.75) is 25.8 Å². The topological polar surface area (TPSA) is 60.5 Å². The SMILES string of the molecule is CCCC(COC)Nc1ncccc1C(=O)OC. The molecule has 0 saturated heterocycles. The molecule has 1 rings (SSSR count). The number of anilines is 1. The van der Waals surface area contributed by atoms with Gasteiger partial charge in [-0.25, -0.2) is 9.78 Å². The molecule has 5 nitrogen and oxygen atoms in total. The van der Waals surface area contributed by atoms with Gasteiger partial charge in [0.1, 0.15) is 11.4 Å². The molecule has 1 aromatic heterocycles. The number of nitrogens with zero attached hydrogens (tertiary/aromatic N) is 1. The highest BCUT2D eigenvalue weighted by atomic mass is 16.5. The second kappa shape index (κ2) is 7.66. The molecule has 1 atom stereocenters. The lowest BCUT2D eigenvalue weighted by atomic mass is 10.1. The summed E-state index contributed by atoms with van der Waals surface area (Å²) in [6.45, 7) is 2.68. The van der Waals surface area contributed by atoms with Crippen molar-refractivity contribution in [2.75, 3.05) is 26.1 Å². The molecule has 0 amide bonds. The van der Waals surface area contributed by atoms with Crippen LogP contribution < -0.4 is 5.32 Å². The van der Waals surface area contributed by atoms with Crippen LogP contribution in [0.1, 0.15) is 30.1 Å². The molecule has 18 heavy (non-hydrogen) atoms. The Balaban J connectivity index is 2.84. The number of esters is 1. The van der Waals surface area contributed by atoms with E-state index in [4.69, 9.17) is 9.47 Å². The lowest BCUT2D eigenvalue weighted by molar-refractivity contribution is 0.0601. The molecule has 0 aliphatic carbocycles. The summed E-state index contributed by atoms with van der Waals surface area (Å²) in [5.41, 5.74) is 0.442. The van der Waals surface area contributed by atoms with Crippen molar-refractivity contribution >= 4 is 11.8 Å². The smallest absolute Gasteiger partial charge is 0.341 e. The van der Waals surface area contributed by atoms with Crippen LogP contribution in [-0.2, 0) is 9.47 Å². The van der Waals surface area contributed by atoms with Crippen LogP contribution in [0, 0.1) is 0 Å². The zero-order valence-electron chi connectivity index (χ0n) is 11.1. The van der Waals surface area contributed by atoms with Crippen LogP contribution in [0.4, 0.5) is 5.82 Å². The number of aromatic nitrogens is 1. The van der Waals surface area contributed by atoms with Crippen LogP contribution in [0.2, 0.25) is 0 Å². The van der Waals surface area contributed by atoms with Gasteiger partial charge in [-0.1, -0.05) is 13.3 Å². The van der Waals surface area contributed by atoms with Crippen LogP contribution >= 0.6 is 0 Å². The predicted octanol–water partition coefficient (Wildman–Crippen LogP) is 2.10. The molecule has 0 spiro atoms. The minimum atomic E-state index is -0.390. The van der Waals surface area contributed by atoms with Crippen molar-refractivity contribution in [1.29, 1.82) is 0 Å². The van der Waals surface area contributed by atoms with Crippen molar-refractivity contribution in [3.05, 3.63) is 23.9 Å². The molecular formula is C13H20N2O3. The van der Waals surface area contributed by atoms with E-state index in [1.807, 2.05) is 0 Å². The number of hydrogen-bond donors (Lipinski definition) is 1. The minimum absolute atomic E-state index is 0.137. The number of hydrogen-bond acceptors (Lipinski definition) is 5. The first-order valence-corrected chi connectivity index (χ1v) is 6.01. The number of methoxy groups -OCH3 is 2. The molecule has 0 aliphatic heterocycles. The number of pyridine rings is 1. The predicted molar refractivity (Wildman–Crippen MR) is 69.8 cm³/mol. The average Bonchev–Trinajstić information content (AvgIpc) is 2.39. The zero-order chi connectivity index (χ0) is 13.4. The molecule has 5 heteroatoms. The Kier molecular flexibility index (Phi) is 6.14. The monoisotopic (exact) mass is 252 g/mol. The molecule has 1 unspecified atom stereocenters. The van der Waals surface area contributed by atoms with Gasteiger partial charge in [-0.05, 0) is 18.6 Å². The third kappa shape index (κ3) is 4.00. The van der Waals surface area contributed by atoms with E-state index in [2.05, 4.69) is 17.2 Å². The van der Waals surface area contributed by atoms with Gasteiger partial charge < -0.3 is 14.8 Å². The molecule has 100 valence electrons. The van der Waals surface area contributed by atoms with Crippen LogP contribution in [0.3, 0.4) is 0 Å².